The fraction of sp³-hybridized carbons (Fsp3) is 0.273. The Morgan fingerprint density at radius 2 is 1.94 bits per heavy atom. The number of aromatic hydroxyl groups is 1. The smallest absolute Gasteiger partial charge is 0.415 e. The lowest BCUT2D eigenvalue weighted by Crippen LogP contribution is -2.45. The van der Waals surface area contributed by atoms with Crippen molar-refractivity contribution in [2.75, 3.05) is 0 Å². The Balaban J connectivity index is 2.18. The molecule has 0 unspecified atom stereocenters. The number of amides is 1. The maximum atomic E-state index is 11.4. The molecule has 1 aliphatic rings. The lowest BCUT2D eigenvalue weighted by atomic mass is 9.94. The molecular formula is C11H11NO4. The molecule has 1 atom stereocenters. The molecule has 1 aromatic carbocycles. The van der Waals surface area contributed by atoms with Crippen LogP contribution in [0, 0.1) is 0 Å². The fourth-order valence-electron chi connectivity index (χ4n) is 1.64. The van der Waals surface area contributed by atoms with Gasteiger partial charge in [0.25, 0.3) is 0 Å². The normalized spacial score (nSPS) is 24.1. The number of ether oxygens (including phenoxy) is 1. The van der Waals surface area contributed by atoms with Crippen LogP contribution < -0.4 is 5.32 Å². The fourth-order valence-corrected chi connectivity index (χ4v) is 1.64. The third kappa shape index (κ3) is 1.84. The minimum atomic E-state index is -1.02. The van der Waals surface area contributed by atoms with Gasteiger partial charge in [-0.1, -0.05) is 12.1 Å². The third-order valence-corrected chi connectivity index (χ3v) is 2.51. The summed E-state index contributed by atoms with van der Waals surface area (Å²) in [6.07, 6.45) is -0.385. The summed E-state index contributed by atoms with van der Waals surface area (Å²) in [5.74, 6) is -0.419. The highest BCUT2D eigenvalue weighted by Crippen LogP contribution is 2.21. The lowest BCUT2D eigenvalue weighted by molar-refractivity contribution is -0.138. The van der Waals surface area contributed by atoms with Crippen molar-refractivity contribution in [3.63, 3.8) is 0 Å². The number of esters is 1. The lowest BCUT2D eigenvalue weighted by Gasteiger charge is -2.18. The first kappa shape index (κ1) is 10.5. The first-order chi connectivity index (χ1) is 7.49. The van der Waals surface area contributed by atoms with Crippen LogP contribution in [0.2, 0.25) is 0 Å². The van der Waals surface area contributed by atoms with Gasteiger partial charge in [0.05, 0.1) is 0 Å². The summed E-state index contributed by atoms with van der Waals surface area (Å²) in [5, 5.41) is 11.6. The van der Waals surface area contributed by atoms with Gasteiger partial charge in [0.15, 0.2) is 0 Å². The maximum absolute atomic E-state index is 11.4. The van der Waals surface area contributed by atoms with E-state index in [2.05, 4.69) is 10.1 Å². The Morgan fingerprint density at radius 1 is 1.31 bits per heavy atom. The summed E-state index contributed by atoms with van der Waals surface area (Å²) in [4.78, 5) is 22.3. The van der Waals surface area contributed by atoms with Crippen molar-refractivity contribution < 1.29 is 19.4 Å². The summed E-state index contributed by atoms with van der Waals surface area (Å²) in [7, 11) is 0. The number of cyclic esters (lactones) is 2. The molecule has 1 heterocycles. The number of hydrogen-bond acceptors (Lipinski definition) is 4. The van der Waals surface area contributed by atoms with Crippen molar-refractivity contribution in [2.24, 2.45) is 0 Å². The second kappa shape index (κ2) is 3.52. The van der Waals surface area contributed by atoms with E-state index in [4.69, 9.17) is 5.11 Å². The van der Waals surface area contributed by atoms with Crippen LogP contribution in [-0.4, -0.2) is 22.7 Å². The molecule has 1 aromatic rings. The molecule has 84 valence electrons. The second-order valence-electron chi connectivity index (χ2n) is 3.98. The van der Waals surface area contributed by atoms with Crippen LogP contribution in [0.5, 0.6) is 5.75 Å². The predicted molar refractivity (Wildman–Crippen MR) is 54.8 cm³/mol. The summed E-state index contributed by atoms with van der Waals surface area (Å²) in [6, 6.07) is 6.44. The monoisotopic (exact) mass is 221 g/mol. The van der Waals surface area contributed by atoms with Gasteiger partial charge >= 0.3 is 12.1 Å². The van der Waals surface area contributed by atoms with E-state index in [0.717, 1.165) is 5.56 Å². The molecule has 1 amide bonds. The van der Waals surface area contributed by atoms with Gasteiger partial charge in [0, 0.05) is 6.42 Å². The summed E-state index contributed by atoms with van der Waals surface area (Å²) >= 11 is 0. The van der Waals surface area contributed by atoms with E-state index >= 15 is 0 Å². The Labute approximate surface area is 92.0 Å². The zero-order valence-electron chi connectivity index (χ0n) is 8.69. The van der Waals surface area contributed by atoms with Gasteiger partial charge in [-0.25, -0.2) is 9.59 Å². The van der Waals surface area contributed by atoms with Crippen molar-refractivity contribution in [1.29, 1.82) is 0 Å². The summed E-state index contributed by atoms with van der Waals surface area (Å²) in [5.41, 5.74) is -0.187. The van der Waals surface area contributed by atoms with Crippen molar-refractivity contribution in [2.45, 2.75) is 18.9 Å². The van der Waals surface area contributed by atoms with E-state index in [1.54, 1.807) is 19.1 Å². The molecule has 5 heteroatoms. The summed E-state index contributed by atoms with van der Waals surface area (Å²) < 4.78 is 4.43. The third-order valence-electron chi connectivity index (χ3n) is 2.51. The van der Waals surface area contributed by atoms with Crippen LogP contribution in [-0.2, 0) is 16.0 Å². The zero-order chi connectivity index (χ0) is 11.8. The number of hydrogen-bond donors (Lipinski definition) is 2. The van der Waals surface area contributed by atoms with E-state index < -0.39 is 17.6 Å². The Bertz CT molecular complexity index is 440. The van der Waals surface area contributed by atoms with Gasteiger partial charge in [-0.15, -0.1) is 0 Å². The van der Waals surface area contributed by atoms with Crippen LogP contribution in [0.15, 0.2) is 24.3 Å². The highest BCUT2D eigenvalue weighted by atomic mass is 16.6. The second-order valence-corrected chi connectivity index (χ2v) is 3.98. The molecule has 1 saturated heterocycles. The van der Waals surface area contributed by atoms with Gasteiger partial charge in [-0.2, -0.15) is 0 Å². The van der Waals surface area contributed by atoms with Gasteiger partial charge in [-0.05, 0) is 24.6 Å². The van der Waals surface area contributed by atoms with Crippen molar-refractivity contribution in [3.05, 3.63) is 29.8 Å². The van der Waals surface area contributed by atoms with Gasteiger partial charge in [0.2, 0.25) is 0 Å². The highest BCUT2D eigenvalue weighted by Gasteiger charge is 2.44. The topological polar surface area (TPSA) is 75.6 Å². The van der Waals surface area contributed by atoms with E-state index in [9.17, 15) is 9.59 Å². The van der Waals surface area contributed by atoms with Crippen LogP contribution in [0.25, 0.3) is 0 Å². The van der Waals surface area contributed by atoms with Crippen molar-refractivity contribution in [1.82, 2.24) is 5.32 Å². The SMILES string of the molecule is C[C@@]1(Cc2ccc(O)cc2)NC(=O)OC1=O. The molecule has 0 saturated carbocycles. The van der Waals surface area contributed by atoms with Crippen LogP contribution in [0.3, 0.4) is 0 Å². The number of rotatable bonds is 2. The minimum absolute atomic E-state index is 0.159. The quantitative estimate of drug-likeness (QED) is 0.576. The zero-order valence-corrected chi connectivity index (χ0v) is 8.69. The van der Waals surface area contributed by atoms with Gasteiger partial charge < -0.3 is 15.2 Å². The average Bonchev–Trinajstić information content (AvgIpc) is 2.44. The summed E-state index contributed by atoms with van der Waals surface area (Å²) in [6.45, 7) is 1.60. The number of alkyl carbamates (subject to hydrolysis) is 1. The molecule has 16 heavy (non-hydrogen) atoms. The Morgan fingerprint density at radius 3 is 2.44 bits per heavy atom. The average molecular weight is 221 g/mol. The number of phenolic OH excluding ortho intramolecular Hbond substituents is 1. The van der Waals surface area contributed by atoms with Gasteiger partial charge in [0.1, 0.15) is 11.3 Å². The van der Waals surface area contributed by atoms with Crippen LogP contribution in [0.4, 0.5) is 4.79 Å². The minimum Gasteiger partial charge on any atom is -0.508 e. The number of nitrogens with one attached hydrogen (secondary N) is 1. The number of benzene rings is 1. The molecule has 0 radical (unpaired) electrons. The Hall–Kier alpha value is -2.04. The molecule has 1 aliphatic heterocycles. The van der Waals surface area contributed by atoms with Crippen molar-refractivity contribution >= 4 is 12.1 Å². The maximum Gasteiger partial charge on any atom is 0.415 e. The van der Waals surface area contributed by atoms with E-state index in [0.29, 0.717) is 6.42 Å². The standard InChI is InChI=1S/C11H11NO4/c1-11(9(14)16-10(15)12-11)6-7-2-4-8(13)5-3-7/h2-5,13H,6H2,1H3,(H,12,15)/t11-/m0/s1. The molecule has 0 bridgehead atoms. The predicted octanol–water partition coefficient (Wildman–Crippen LogP) is 0.960. The van der Waals surface area contributed by atoms with E-state index in [-0.39, 0.29) is 5.75 Å². The van der Waals surface area contributed by atoms with Crippen molar-refractivity contribution in [3.8, 4) is 5.75 Å². The first-order valence-electron chi connectivity index (χ1n) is 4.82. The molecule has 2 rings (SSSR count). The molecule has 0 spiro atoms. The molecular weight excluding hydrogens is 210 g/mol. The number of carbonyl (C=O) groups excluding carboxylic acids is 2. The molecule has 1 fully saturated rings. The molecule has 2 N–H and O–H groups in total. The van der Waals surface area contributed by atoms with Crippen LogP contribution in [0.1, 0.15) is 12.5 Å². The highest BCUT2D eigenvalue weighted by molar-refractivity contribution is 5.98. The van der Waals surface area contributed by atoms with E-state index in [1.165, 1.54) is 12.1 Å². The Kier molecular flexibility index (Phi) is 2.30. The number of carbonyl (C=O) groups is 2. The molecule has 5 nitrogen and oxygen atoms in total. The molecule has 0 aliphatic carbocycles. The molecule has 0 aromatic heterocycles. The van der Waals surface area contributed by atoms with Gasteiger partial charge in [-0.3, -0.25) is 0 Å². The van der Waals surface area contributed by atoms with E-state index in [1.807, 2.05) is 0 Å². The first-order valence-corrected chi connectivity index (χ1v) is 4.82. The largest absolute Gasteiger partial charge is 0.508 e. The number of phenols is 1. The van der Waals surface area contributed by atoms with Crippen LogP contribution >= 0.6 is 0 Å².